The van der Waals surface area contributed by atoms with E-state index in [1.807, 2.05) is 13.0 Å². The van der Waals surface area contributed by atoms with Crippen molar-refractivity contribution in [3.63, 3.8) is 0 Å². The second-order valence-electron chi connectivity index (χ2n) is 5.79. The molecule has 1 N–H and O–H groups in total. The molecule has 0 aromatic heterocycles. The number of urea groups is 1. The van der Waals surface area contributed by atoms with Gasteiger partial charge >= 0.3 is 6.03 Å². The van der Waals surface area contributed by atoms with Gasteiger partial charge in [0.2, 0.25) is 0 Å². The predicted octanol–water partition coefficient (Wildman–Crippen LogP) is 5.16. The summed E-state index contributed by atoms with van der Waals surface area (Å²) in [5, 5.41) is 3.52. The Hall–Kier alpha value is -2.07. The standard InChI is InChI=1S/C18H18ClFN2O/c1-12-4-7-14(19)11-16(12)21-18(23)22-10-2-3-17(22)13-5-8-15(20)9-6-13/h4-9,11,17H,2-3,10H2,1H3,(H,21,23). The van der Waals surface area contributed by atoms with Gasteiger partial charge in [0.15, 0.2) is 0 Å². The lowest BCUT2D eigenvalue weighted by molar-refractivity contribution is 0.207. The number of nitrogens with zero attached hydrogens (tertiary/aromatic N) is 1. The van der Waals surface area contributed by atoms with Crippen molar-refractivity contribution in [3.8, 4) is 0 Å². The Morgan fingerprint density at radius 2 is 2.00 bits per heavy atom. The quantitative estimate of drug-likeness (QED) is 0.809. The van der Waals surface area contributed by atoms with Gasteiger partial charge in [0.1, 0.15) is 5.82 Å². The zero-order valence-electron chi connectivity index (χ0n) is 12.9. The third-order valence-corrected chi connectivity index (χ3v) is 4.44. The third-order valence-electron chi connectivity index (χ3n) is 4.21. The summed E-state index contributed by atoms with van der Waals surface area (Å²) >= 11 is 6.00. The van der Waals surface area contributed by atoms with Crippen molar-refractivity contribution < 1.29 is 9.18 Å². The van der Waals surface area contributed by atoms with Crippen LogP contribution in [0.3, 0.4) is 0 Å². The van der Waals surface area contributed by atoms with E-state index >= 15 is 0 Å². The lowest BCUT2D eigenvalue weighted by Gasteiger charge is -2.25. The zero-order valence-corrected chi connectivity index (χ0v) is 13.6. The summed E-state index contributed by atoms with van der Waals surface area (Å²) in [6.45, 7) is 2.61. The van der Waals surface area contributed by atoms with Gasteiger partial charge in [-0.05, 0) is 55.2 Å². The maximum absolute atomic E-state index is 13.1. The minimum absolute atomic E-state index is 0.0184. The molecule has 5 heteroatoms. The van der Waals surface area contributed by atoms with Gasteiger partial charge in [-0.1, -0.05) is 29.8 Å². The highest BCUT2D eigenvalue weighted by molar-refractivity contribution is 6.31. The molecule has 1 saturated heterocycles. The van der Waals surface area contributed by atoms with E-state index in [1.165, 1.54) is 12.1 Å². The number of carbonyl (C=O) groups is 1. The molecule has 3 nitrogen and oxygen atoms in total. The molecular weight excluding hydrogens is 315 g/mol. The van der Waals surface area contributed by atoms with Crippen LogP contribution in [0.5, 0.6) is 0 Å². The molecule has 2 aromatic rings. The molecule has 0 spiro atoms. The first-order valence-corrected chi connectivity index (χ1v) is 8.01. The molecule has 1 unspecified atom stereocenters. The largest absolute Gasteiger partial charge is 0.322 e. The number of aryl methyl sites for hydroxylation is 1. The molecule has 1 fully saturated rings. The van der Waals surface area contributed by atoms with E-state index in [-0.39, 0.29) is 17.9 Å². The van der Waals surface area contributed by atoms with Gasteiger partial charge in [0, 0.05) is 17.3 Å². The highest BCUT2D eigenvalue weighted by atomic mass is 35.5. The average Bonchev–Trinajstić information content (AvgIpc) is 3.01. The fraction of sp³-hybridized carbons (Fsp3) is 0.278. The zero-order chi connectivity index (χ0) is 16.4. The number of nitrogens with one attached hydrogen (secondary N) is 1. The van der Waals surface area contributed by atoms with E-state index in [2.05, 4.69) is 5.32 Å². The number of benzene rings is 2. The minimum Gasteiger partial charge on any atom is -0.317 e. The first kappa shape index (κ1) is 15.8. The van der Waals surface area contributed by atoms with Gasteiger partial charge in [-0.15, -0.1) is 0 Å². The van der Waals surface area contributed by atoms with Crippen molar-refractivity contribution in [2.24, 2.45) is 0 Å². The summed E-state index contributed by atoms with van der Waals surface area (Å²) in [5.41, 5.74) is 2.63. The maximum Gasteiger partial charge on any atom is 0.322 e. The van der Waals surface area contributed by atoms with Crippen LogP contribution in [0, 0.1) is 12.7 Å². The molecule has 2 amide bonds. The number of hydrogen-bond donors (Lipinski definition) is 1. The Morgan fingerprint density at radius 3 is 2.74 bits per heavy atom. The molecular formula is C18H18ClFN2O. The second-order valence-corrected chi connectivity index (χ2v) is 6.23. The van der Waals surface area contributed by atoms with Crippen LogP contribution in [0.15, 0.2) is 42.5 Å². The lowest BCUT2D eigenvalue weighted by Crippen LogP contribution is -2.34. The molecule has 0 saturated carbocycles. The van der Waals surface area contributed by atoms with E-state index in [0.717, 1.165) is 24.0 Å². The van der Waals surface area contributed by atoms with Gasteiger partial charge < -0.3 is 10.2 Å². The van der Waals surface area contributed by atoms with Crippen LogP contribution in [0.4, 0.5) is 14.9 Å². The van der Waals surface area contributed by atoms with Crippen LogP contribution < -0.4 is 5.32 Å². The summed E-state index contributed by atoms with van der Waals surface area (Å²) in [4.78, 5) is 14.4. The molecule has 1 aliphatic rings. The maximum atomic E-state index is 13.1. The number of rotatable bonds is 2. The number of amides is 2. The van der Waals surface area contributed by atoms with Gasteiger partial charge in [0.05, 0.1) is 6.04 Å². The fourth-order valence-electron chi connectivity index (χ4n) is 2.96. The predicted molar refractivity (Wildman–Crippen MR) is 90.3 cm³/mol. The molecule has 120 valence electrons. The molecule has 23 heavy (non-hydrogen) atoms. The highest BCUT2D eigenvalue weighted by Gasteiger charge is 2.30. The molecule has 2 aromatic carbocycles. The molecule has 0 radical (unpaired) electrons. The minimum atomic E-state index is -0.266. The smallest absolute Gasteiger partial charge is 0.317 e. The molecule has 1 aliphatic heterocycles. The topological polar surface area (TPSA) is 32.3 Å². The van der Waals surface area contributed by atoms with Crippen LogP contribution in [-0.4, -0.2) is 17.5 Å². The molecule has 0 aliphatic carbocycles. The van der Waals surface area contributed by atoms with Crippen LogP contribution in [-0.2, 0) is 0 Å². The summed E-state index contributed by atoms with van der Waals surface area (Å²) in [7, 11) is 0. The van der Waals surface area contributed by atoms with E-state index in [0.29, 0.717) is 17.3 Å². The number of anilines is 1. The lowest BCUT2D eigenvalue weighted by atomic mass is 10.0. The van der Waals surface area contributed by atoms with Gasteiger partial charge in [0.25, 0.3) is 0 Å². The Morgan fingerprint density at radius 1 is 1.26 bits per heavy atom. The first-order valence-electron chi connectivity index (χ1n) is 7.64. The highest BCUT2D eigenvalue weighted by Crippen LogP contribution is 2.33. The van der Waals surface area contributed by atoms with Crippen LogP contribution in [0.2, 0.25) is 5.02 Å². The Kier molecular flexibility index (Phi) is 4.53. The third kappa shape index (κ3) is 3.48. The molecule has 3 rings (SSSR count). The number of carbonyl (C=O) groups excluding carboxylic acids is 1. The normalized spacial score (nSPS) is 17.3. The van der Waals surface area contributed by atoms with Crippen LogP contribution in [0.1, 0.15) is 30.0 Å². The summed E-state index contributed by atoms with van der Waals surface area (Å²) in [6, 6.07) is 11.6. The summed E-state index contributed by atoms with van der Waals surface area (Å²) in [5.74, 6) is -0.266. The van der Waals surface area contributed by atoms with Crippen LogP contribution >= 0.6 is 11.6 Å². The summed E-state index contributed by atoms with van der Waals surface area (Å²) in [6.07, 6.45) is 1.82. The monoisotopic (exact) mass is 332 g/mol. The number of likely N-dealkylation sites (tertiary alicyclic amines) is 1. The SMILES string of the molecule is Cc1ccc(Cl)cc1NC(=O)N1CCCC1c1ccc(F)cc1. The molecule has 1 heterocycles. The van der Waals surface area contributed by atoms with Crippen molar-refractivity contribution in [3.05, 3.63) is 64.4 Å². The Bertz CT molecular complexity index is 717. The van der Waals surface area contributed by atoms with Crippen molar-refractivity contribution in [2.75, 3.05) is 11.9 Å². The molecule has 0 bridgehead atoms. The van der Waals surface area contributed by atoms with Gasteiger partial charge in [-0.3, -0.25) is 0 Å². The number of halogens is 2. The average molecular weight is 333 g/mol. The molecule has 1 atom stereocenters. The van der Waals surface area contributed by atoms with Crippen molar-refractivity contribution >= 4 is 23.3 Å². The van der Waals surface area contributed by atoms with E-state index in [9.17, 15) is 9.18 Å². The van der Waals surface area contributed by atoms with Gasteiger partial charge in [-0.2, -0.15) is 0 Å². The van der Waals surface area contributed by atoms with E-state index in [1.54, 1.807) is 29.2 Å². The summed E-state index contributed by atoms with van der Waals surface area (Å²) < 4.78 is 13.1. The first-order chi connectivity index (χ1) is 11.0. The van der Waals surface area contributed by atoms with Crippen molar-refractivity contribution in [1.29, 1.82) is 0 Å². The van der Waals surface area contributed by atoms with Crippen molar-refractivity contribution in [2.45, 2.75) is 25.8 Å². The Balaban J connectivity index is 1.78. The second kappa shape index (κ2) is 6.59. The van der Waals surface area contributed by atoms with E-state index < -0.39 is 0 Å². The Labute approximate surface area is 140 Å². The van der Waals surface area contributed by atoms with Gasteiger partial charge in [-0.25, -0.2) is 9.18 Å². The number of hydrogen-bond acceptors (Lipinski definition) is 1. The fourth-order valence-corrected chi connectivity index (χ4v) is 3.13. The van der Waals surface area contributed by atoms with Crippen LogP contribution in [0.25, 0.3) is 0 Å². The van der Waals surface area contributed by atoms with Crippen molar-refractivity contribution in [1.82, 2.24) is 4.90 Å². The van der Waals surface area contributed by atoms with E-state index in [4.69, 9.17) is 11.6 Å².